The molecule has 8 heteroatoms. The van der Waals surface area contributed by atoms with Gasteiger partial charge in [0, 0.05) is 11.2 Å². The number of nitrogens with zero attached hydrogens (tertiary/aromatic N) is 3. The molecule has 6 nitrogen and oxygen atoms in total. The number of aromatic nitrogens is 2. The van der Waals surface area contributed by atoms with E-state index in [1.807, 2.05) is 24.3 Å². The molecule has 2 amide bonds. The number of amides is 2. The number of rotatable bonds is 3. The van der Waals surface area contributed by atoms with Gasteiger partial charge in [0.15, 0.2) is 5.82 Å². The van der Waals surface area contributed by atoms with Crippen LogP contribution in [-0.2, 0) is 20.9 Å². The zero-order valence-electron chi connectivity index (χ0n) is 13.6. The Bertz CT molecular complexity index is 902. The first-order chi connectivity index (χ1) is 12.5. The van der Waals surface area contributed by atoms with Crippen molar-refractivity contribution < 1.29 is 14.3 Å². The molecule has 3 aliphatic heterocycles. The molecular formula is C18H15BrClN3O3. The van der Waals surface area contributed by atoms with E-state index < -0.39 is 0 Å². The van der Waals surface area contributed by atoms with E-state index in [4.69, 9.17) is 16.3 Å². The zero-order valence-corrected chi connectivity index (χ0v) is 16.0. The summed E-state index contributed by atoms with van der Waals surface area (Å²) in [5, 5.41) is 5.13. The molecule has 3 saturated heterocycles. The lowest BCUT2D eigenvalue weighted by molar-refractivity contribution is -0.124. The Hall–Kier alpha value is -1.70. The fraction of sp³-hybridized carbons (Fsp3) is 0.389. The third kappa shape index (κ3) is 2.30. The minimum atomic E-state index is -0.359. The number of anilines is 1. The Morgan fingerprint density at radius 1 is 1.15 bits per heavy atom. The largest absolute Gasteiger partial charge is 0.373 e. The van der Waals surface area contributed by atoms with Crippen LogP contribution in [-0.4, -0.2) is 33.8 Å². The maximum Gasteiger partial charge on any atom is 0.241 e. The zero-order chi connectivity index (χ0) is 18.0. The minimum Gasteiger partial charge on any atom is -0.373 e. The van der Waals surface area contributed by atoms with Crippen molar-refractivity contribution in [2.45, 2.75) is 31.6 Å². The van der Waals surface area contributed by atoms with Crippen molar-refractivity contribution in [3.05, 3.63) is 45.5 Å². The van der Waals surface area contributed by atoms with Crippen LogP contribution in [0.5, 0.6) is 0 Å². The van der Waals surface area contributed by atoms with Gasteiger partial charge in [-0.2, -0.15) is 5.10 Å². The molecule has 0 N–H and O–H groups in total. The van der Waals surface area contributed by atoms with Gasteiger partial charge < -0.3 is 4.74 Å². The molecule has 134 valence electrons. The molecule has 4 atom stereocenters. The second kappa shape index (κ2) is 5.90. The first-order valence-corrected chi connectivity index (χ1v) is 9.71. The van der Waals surface area contributed by atoms with E-state index in [1.165, 1.54) is 4.90 Å². The highest BCUT2D eigenvalue weighted by Crippen LogP contribution is 2.49. The molecule has 3 fully saturated rings. The van der Waals surface area contributed by atoms with Crippen LogP contribution in [0.25, 0.3) is 0 Å². The first-order valence-electron chi connectivity index (χ1n) is 8.54. The highest BCUT2D eigenvalue weighted by atomic mass is 79.9. The van der Waals surface area contributed by atoms with Crippen LogP contribution < -0.4 is 4.90 Å². The van der Waals surface area contributed by atoms with E-state index in [-0.39, 0.29) is 35.9 Å². The molecule has 1 aromatic heterocycles. The number of halogens is 2. The van der Waals surface area contributed by atoms with Gasteiger partial charge in [-0.05, 0) is 40.4 Å². The van der Waals surface area contributed by atoms with E-state index in [9.17, 15) is 9.59 Å². The van der Waals surface area contributed by atoms with Gasteiger partial charge in [0.25, 0.3) is 0 Å². The molecule has 0 saturated carbocycles. The summed E-state index contributed by atoms with van der Waals surface area (Å²) < 4.78 is 8.06. The molecule has 1 aromatic carbocycles. The number of ether oxygens (including phenoxy) is 1. The standard InChI is InChI=1S/C18H15BrClN3O3/c19-10-8-22(7-9-3-1-2-4-11(9)20)21-16(10)23-17(24)14-12-5-6-13(26-12)15(14)18(23)25/h1-4,8,12-15H,5-7H2/t12-,13-,14-,15+/m1/s1. The molecule has 26 heavy (non-hydrogen) atoms. The second-order valence-corrected chi connectivity index (χ2v) is 8.20. The topological polar surface area (TPSA) is 64.4 Å². The summed E-state index contributed by atoms with van der Waals surface area (Å²) in [4.78, 5) is 27.0. The Morgan fingerprint density at radius 2 is 1.81 bits per heavy atom. The predicted octanol–water partition coefficient (Wildman–Crippen LogP) is 3.01. The molecule has 0 spiro atoms. The third-order valence-corrected chi connectivity index (χ3v) is 6.41. The SMILES string of the molecule is O=C1[C@@H]2[C@H](C(=O)N1c1nn(Cc3ccccc3Cl)cc1Br)[C@H]1CC[C@H]2O1. The van der Waals surface area contributed by atoms with Crippen LogP contribution >= 0.6 is 27.5 Å². The summed E-state index contributed by atoms with van der Waals surface area (Å²) in [6.07, 6.45) is 3.20. The summed E-state index contributed by atoms with van der Waals surface area (Å²) in [6, 6.07) is 7.52. The number of hydrogen-bond acceptors (Lipinski definition) is 4. The van der Waals surface area contributed by atoms with Crippen LogP contribution in [0.4, 0.5) is 5.82 Å². The summed E-state index contributed by atoms with van der Waals surface area (Å²) >= 11 is 9.66. The molecule has 2 bridgehead atoms. The van der Waals surface area contributed by atoms with E-state index in [1.54, 1.807) is 10.9 Å². The fourth-order valence-electron chi connectivity index (χ4n) is 4.34. The lowest BCUT2D eigenvalue weighted by Crippen LogP contribution is -2.34. The summed E-state index contributed by atoms with van der Waals surface area (Å²) in [7, 11) is 0. The number of fused-ring (bicyclic) bond motifs is 5. The number of carbonyl (C=O) groups excluding carboxylic acids is 2. The summed E-state index contributed by atoms with van der Waals surface area (Å²) in [5.74, 6) is -0.767. The molecule has 5 rings (SSSR count). The predicted molar refractivity (Wildman–Crippen MR) is 97.8 cm³/mol. The van der Waals surface area contributed by atoms with Crippen molar-refractivity contribution in [1.29, 1.82) is 0 Å². The first kappa shape index (κ1) is 16.5. The van der Waals surface area contributed by atoms with Gasteiger partial charge in [-0.25, -0.2) is 4.90 Å². The molecule has 2 aromatic rings. The Kier molecular flexibility index (Phi) is 3.74. The van der Waals surface area contributed by atoms with Crippen LogP contribution in [0.2, 0.25) is 5.02 Å². The molecule has 3 aliphatic rings. The Labute approximate surface area is 163 Å². The number of imide groups is 1. The van der Waals surface area contributed by atoms with Crippen LogP contribution in [0, 0.1) is 11.8 Å². The van der Waals surface area contributed by atoms with Crippen molar-refractivity contribution in [2.75, 3.05) is 4.90 Å². The van der Waals surface area contributed by atoms with Gasteiger partial charge in [0.2, 0.25) is 11.8 Å². The summed E-state index contributed by atoms with van der Waals surface area (Å²) in [6.45, 7) is 0.454. The average Bonchev–Trinajstić information content (AvgIpc) is 3.35. The van der Waals surface area contributed by atoms with Gasteiger partial charge in [0.1, 0.15) is 0 Å². The third-order valence-electron chi connectivity index (χ3n) is 5.49. The van der Waals surface area contributed by atoms with E-state index in [0.717, 1.165) is 18.4 Å². The maximum absolute atomic E-state index is 12.9. The van der Waals surface area contributed by atoms with Gasteiger partial charge in [-0.15, -0.1) is 0 Å². The second-order valence-electron chi connectivity index (χ2n) is 6.94. The van der Waals surface area contributed by atoms with E-state index in [2.05, 4.69) is 21.0 Å². The average molecular weight is 437 g/mol. The van der Waals surface area contributed by atoms with Crippen molar-refractivity contribution in [2.24, 2.45) is 11.8 Å². The number of hydrogen-bond donors (Lipinski definition) is 0. The Balaban J connectivity index is 1.46. The normalized spacial score (nSPS) is 29.7. The lowest BCUT2D eigenvalue weighted by atomic mass is 9.81. The van der Waals surface area contributed by atoms with Crippen LogP contribution in [0.15, 0.2) is 34.9 Å². The quantitative estimate of drug-likeness (QED) is 0.694. The molecule has 4 heterocycles. The molecular weight excluding hydrogens is 422 g/mol. The van der Waals surface area contributed by atoms with E-state index >= 15 is 0 Å². The smallest absolute Gasteiger partial charge is 0.241 e. The van der Waals surface area contributed by atoms with Gasteiger partial charge in [-0.3, -0.25) is 14.3 Å². The van der Waals surface area contributed by atoms with Crippen molar-refractivity contribution in [1.82, 2.24) is 9.78 Å². The van der Waals surface area contributed by atoms with Gasteiger partial charge in [0.05, 0.1) is 35.1 Å². The fourth-order valence-corrected chi connectivity index (χ4v) is 5.03. The van der Waals surface area contributed by atoms with Gasteiger partial charge in [-0.1, -0.05) is 29.8 Å². The molecule has 0 unspecified atom stereocenters. The molecule has 0 radical (unpaired) electrons. The van der Waals surface area contributed by atoms with Crippen molar-refractivity contribution >= 4 is 45.2 Å². The highest BCUT2D eigenvalue weighted by molar-refractivity contribution is 9.10. The van der Waals surface area contributed by atoms with Gasteiger partial charge >= 0.3 is 0 Å². The minimum absolute atomic E-state index is 0.129. The summed E-state index contributed by atoms with van der Waals surface area (Å²) in [5.41, 5.74) is 0.915. The van der Waals surface area contributed by atoms with Crippen LogP contribution in [0.1, 0.15) is 18.4 Å². The Morgan fingerprint density at radius 3 is 2.46 bits per heavy atom. The van der Waals surface area contributed by atoms with E-state index in [0.29, 0.717) is 21.9 Å². The maximum atomic E-state index is 12.9. The number of carbonyl (C=O) groups is 2. The monoisotopic (exact) mass is 435 g/mol. The molecule has 0 aliphatic carbocycles. The number of benzene rings is 1. The van der Waals surface area contributed by atoms with Crippen molar-refractivity contribution in [3.63, 3.8) is 0 Å². The lowest BCUT2D eigenvalue weighted by Gasteiger charge is -2.15. The van der Waals surface area contributed by atoms with Crippen LogP contribution in [0.3, 0.4) is 0 Å². The van der Waals surface area contributed by atoms with Crippen molar-refractivity contribution in [3.8, 4) is 0 Å². The highest BCUT2D eigenvalue weighted by Gasteiger charge is 2.63.